The first kappa shape index (κ1) is 24.3. The van der Waals surface area contributed by atoms with E-state index in [4.69, 9.17) is 0 Å². The van der Waals surface area contributed by atoms with E-state index in [-0.39, 0.29) is 6.10 Å². The normalized spacial score (nSPS) is 45.3. The Morgan fingerprint density at radius 1 is 1.03 bits per heavy atom. The van der Waals surface area contributed by atoms with Gasteiger partial charge in [0.05, 0.1) is 6.10 Å². The molecule has 0 amide bonds. The molecule has 3 rings (SSSR count). The van der Waals surface area contributed by atoms with Gasteiger partial charge < -0.3 is 5.11 Å². The van der Waals surface area contributed by atoms with Crippen LogP contribution in [-0.2, 0) is 0 Å². The van der Waals surface area contributed by atoms with E-state index in [2.05, 4.69) is 61.5 Å². The summed E-state index contributed by atoms with van der Waals surface area (Å²) >= 11 is 0. The SMILES string of the molecule is CC[C@@]1(C)[C@H]([C@]2(C)CC=C3C[C@@H](O)CC[C@]3(C)C2)CC[C@]1(C)[C@H](C)CCCC(C)C. The van der Waals surface area contributed by atoms with Gasteiger partial charge in [-0.1, -0.05) is 86.3 Å². The molecule has 0 aliphatic heterocycles. The van der Waals surface area contributed by atoms with Gasteiger partial charge in [0, 0.05) is 0 Å². The molecule has 1 N–H and O–H groups in total. The maximum atomic E-state index is 10.2. The first-order valence-electron chi connectivity index (χ1n) is 13.3. The van der Waals surface area contributed by atoms with E-state index in [0.717, 1.165) is 30.6 Å². The van der Waals surface area contributed by atoms with Gasteiger partial charge in [0.15, 0.2) is 0 Å². The number of hydrogen-bond donors (Lipinski definition) is 1. The fraction of sp³-hybridized carbons (Fsp3) is 0.931. The smallest absolute Gasteiger partial charge is 0.0577 e. The number of aliphatic hydroxyl groups excluding tert-OH is 1. The molecule has 0 aromatic carbocycles. The Bertz CT molecular complexity index is 634. The van der Waals surface area contributed by atoms with Gasteiger partial charge in [0.1, 0.15) is 0 Å². The van der Waals surface area contributed by atoms with E-state index >= 15 is 0 Å². The largest absolute Gasteiger partial charge is 0.393 e. The highest BCUT2D eigenvalue weighted by molar-refractivity contribution is 5.24. The van der Waals surface area contributed by atoms with E-state index in [1.807, 2.05) is 0 Å². The zero-order chi connectivity index (χ0) is 22.4. The molecule has 174 valence electrons. The van der Waals surface area contributed by atoms with Crippen molar-refractivity contribution >= 4 is 0 Å². The van der Waals surface area contributed by atoms with Crippen LogP contribution in [0.25, 0.3) is 0 Å². The van der Waals surface area contributed by atoms with Crippen LogP contribution in [0.3, 0.4) is 0 Å². The topological polar surface area (TPSA) is 20.2 Å². The number of allylic oxidation sites excluding steroid dienone is 1. The third-order valence-electron chi connectivity index (χ3n) is 11.0. The second-order valence-electron chi connectivity index (χ2n) is 13.2. The van der Waals surface area contributed by atoms with Crippen molar-refractivity contribution in [2.75, 3.05) is 0 Å². The highest BCUT2D eigenvalue weighted by Gasteiger charge is 2.61. The van der Waals surface area contributed by atoms with Gasteiger partial charge in [-0.05, 0) is 90.8 Å². The Hall–Kier alpha value is -0.300. The molecule has 3 aliphatic carbocycles. The molecule has 2 fully saturated rings. The maximum absolute atomic E-state index is 10.2. The van der Waals surface area contributed by atoms with E-state index < -0.39 is 0 Å². The van der Waals surface area contributed by atoms with E-state index in [0.29, 0.717) is 21.7 Å². The molecule has 0 aromatic heterocycles. The number of aliphatic hydroxyl groups is 1. The van der Waals surface area contributed by atoms with Gasteiger partial charge in [-0.25, -0.2) is 0 Å². The molecule has 0 unspecified atom stereocenters. The Kier molecular flexibility index (Phi) is 6.95. The molecule has 0 bridgehead atoms. The molecular weight excluding hydrogens is 364 g/mol. The van der Waals surface area contributed by atoms with Crippen LogP contribution >= 0.6 is 0 Å². The van der Waals surface area contributed by atoms with Gasteiger partial charge >= 0.3 is 0 Å². The molecule has 30 heavy (non-hydrogen) atoms. The lowest BCUT2D eigenvalue weighted by Crippen LogP contribution is -2.49. The molecule has 0 saturated heterocycles. The molecule has 1 heteroatoms. The Morgan fingerprint density at radius 3 is 2.37 bits per heavy atom. The van der Waals surface area contributed by atoms with Crippen LogP contribution in [-0.4, -0.2) is 11.2 Å². The van der Waals surface area contributed by atoms with Crippen LogP contribution in [0, 0.1) is 39.4 Å². The van der Waals surface area contributed by atoms with Crippen molar-refractivity contribution in [1.82, 2.24) is 0 Å². The van der Waals surface area contributed by atoms with E-state index in [1.54, 1.807) is 5.57 Å². The Balaban J connectivity index is 1.83. The fourth-order valence-electron chi connectivity index (χ4n) is 8.54. The molecule has 3 aliphatic rings. The quantitative estimate of drug-likeness (QED) is 0.412. The molecule has 1 nitrogen and oxygen atoms in total. The summed E-state index contributed by atoms with van der Waals surface area (Å²) in [7, 11) is 0. The van der Waals surface area contributed by atoms with E-state index in [9.17, 15) is 5.11 Å². The van der Waals surface area contributed by atoms with Crippen molar-refractivity contribution in [2.45, 2.75) is 132 Å². The molecule has 0 aromatic rings. The highest BCUT2D eigenvalue weighted by Crippen LogP contribution is 2.69. The fourth-order valence-corrected chi connectivity index (χ4v) is 8.54. The van der Waals surface area contributed by atoms with Gasteiger partial charge in [0.2, 0.25) is 0 Å². The summed E-state index contributed by atoms with van der Waals surface area (Å²) in [4.78, 5) is 0. The first-order valence-corrected chi connectivity index (χ1v) is 13.3. The van der Waals surface area contributed by atoms with Gasteiger partial charge in [-0.2, -0.15) is 0 Å². The minimum atomic E-state index is -0.101. The standard InChI is InChI=1S/C29H52O/c1-9-28(7)25(15-18-29(28,8)22(4)12-10-11-21(2)3)27(6)16-13-23-19-24(30)14-17-26(23,5)20-27/h13,21-22,24-25,30H,9-12,14-20H2,1-8H3/t22-,24+,25+,26-,27-,28+,29-/m1/s1. The van der Waals surface area contributed by atoms with Crippen LogP contribution in [0.15, 0.2) is 11.6 Å². The molecule has 0 spiro atoms. The van der Waals surface area contributed by atoms with Crippen LogP contribution in [0.5, 0.6) is 0 Å². The van der Waals surface area contributed by atoms with Crippen molar-refractivity contribution in [2.24, 2.45) is 39.4 Å². The van der Waals surface area contributed by atoms with Crippen LogP contribution in [0.2, 0.25) is 0 Å². The lowest BCUT2D eigenvalue weighted by Gasteiger charge is -2.56. The zero-order valence-corrected chi connectivity index (χ0v) is 21.6. The predicted octanol–water partition coefficient (Wildman–Crippen LogP) is 8.56. The molecule has 7 atom stereocenters. The van der Waals surface area contributed by atoms with Crippen molar-refractivity contribution < 1.29 is 5.11 Å². The second kappa shape index (κ2) is 8.57. The number of fused-ring (bicyclic) bond motifs is 1. The van der Waals surface area contributed by atoms with Crippen molar-refractivity contribution in [3.8, 4) is 0 Å². The average Bonchev–Trinajstić information content (AvgIpc) is 2.95. The minimum absolute atomic E-state index is 0.101. The van der Waals surface area contributed by atoms with Gasteiger partial charge in [-0.15, -0.1) is 0 Å². The Morgan fingerprint density at radius 2 is 1.73 bits per heavy atom. The van der Waals surface area contributed by atoms with Crippen LogP contribution < -0.4 is 0 Å². The summed E-state index contributed by atoms with van der Waals surface area (Å²) in [5.41, 5.74) is 3.18. The van der Waals surface area contributed by atoms with Crippen molar-refractivity contribution in [3.05, 3.63) is 11.6 Å². The van der Waals surface area contributed by atoms with Crippen LogP contribution in [0.4, 0.5) is 0 Å². The first-order chi connectivity index (χ1) is 13.9. The summed E-state index contributed by atoms with van der Waals surface area (Å²) in [6, 6.07) is 0. The number of hydrogen-bond acceptors (Lipinski definition) is 1. The monoisotopic (exact) mass is 416 g/mol. The van der Waals surface area contributed by atoms with Gasteiger partial charge in [0.25, 0.3) is 0 Å². The van der Waals surface area contributed by atoms with Crippen molar-refractivity contribution in [3.63, 3.8) is 0 Å². The van der Waals surface area contributed by atoms with Crippen molar-refractivity contribution in [1.29, 1.82) is 0 Å². The summed E-state index contributed by atoms with van der Waals surface area (Å²) in [6.45, 7) is 20.2. The lowest BCUT2D eigenvalue weighted by atomic mass is 9.48. The summed E-state index contributed by atoms with van der Waals surface area (Å²) in [5, 5.41) is 10.2. The summed E-state index contributed by atoms with van der Waals surface area (Å²) in [6.07, 6.45) is 16.4. The highest BCUT2D eigenvalue weighted by atomic mass is 16.3. The maximum Gasteiger partial charge on any atom is 0.0577 e. The third-order valence-corrected chi connectivity index (χ3v) is 11.0. The summed E-state index contributed by atoms with van der Waals surface area (Å²) in [5.74, 6) is 2.45. The molecule has 0 radical (unpaired) electrons. The molecule has 2 saturated carbocycles. The average molecular weight is 417 g/mol. The van der Waals surface area contributed by atoms with Gasteiger partial charge in [-0.3, -0.25) is 0 Å². The molecule has 0 heterocycles. The number of rotatable bonds is 7. The molecular formula is C29H52O. The predicted molar refractivity (Wildman–Crippen MR) is 130 cm³/mol. The van der Waals surface area contributed by atoms with Crippen LogP contribution in [0.1, 0.15) is 126 Å². The zero-order valence-electron chi connectivity index (χ0n) is 21.6. The second-order valence-corrected chi connectivity index (χ2v) is 13.2. The lowest BCUT2D eigenvalue weighted by molar-refractivity contribution is -0.0548. The van der Waals surface area contributed by atoms with E-state index in [1.165, 1.54) is 57.8 Å². The Labute approximate surface area is 188 Å². The minimum Gasteiger partial charge on any atom is -0.393 e. The third kappa shape index (κ3) is 4.06. The summed E-state index contributed by atoms with van der Waals surface area (Å²) < 4.78 is 0.